The molecule has 21 heavy (non-hydrogen) atoms. The van der Waals surface area contributed by atoms with Crippen molar-refractivity contribution in [2.24, 2.45) is 5.92 Å². The molecule has 2 amide bonds. The smallest absolute Gasteiger partial charge is 0.223 e. The van der Waals surface area contributed by atoms with Gasteiger partial charge in [-0.2, -0.15) is 0 Å². The number of carbonyl (C=O) groups excluding carboxylic acids is 2. The summed E-state index contributed by atoms with van der Waals surface area (Å²) in [5.74, 6) is 0.771. The van der Waals surface area contributed by atoms with Gasteiger partial charge in [-0.1, -0.05) is 24.2 Å². The van der Waals surface area contributed by atoms with E-state index in [0.717, 1.165) is 23.5 Å². The van der Waals surface area contributed by atoms with E-state index >= 15 is 0 Å². The Balaban J connectivity index is 1.62. The third-order valence-electron chi connectivity index (χ3n) is 4.30. The van der Waals surface area contributed by atoms with Gasteiger partial charge in [0.25, 0.3) is 0 Å². The fourth-order valence-electron chi connectivity index (χ4n) is 3.20. The molecule has 0 atom stereocenters. The Morgan fingerprint density at radius 2 is 2.14 bits per heavy atom. The largest absolute Gasteiger partial charge is 0.337 e. The zero-order valence-corrected chi connectivity index (χ0v) is 13.2. The van der Waals surface area contributed by atoms with Crippen LogP contribution in [0.15, 0.2) is 0 Å². The van der Waals surface area contributed by atoms with Crippen LogP contribution < -0.4 is 5.32 Å². The normalized spacial score (nSPS) is 18.6. The van der Waals surface area contributed by atoms with E-state index in [1.54, 1.807) is 0 Å². The predicted molar refractivity (Wildman–Crippen MR) is 82.1 cm³/mol. The molecular weight excluding hydrogens is 286 g/mol. The first kappa shape index (κ1) is 14.5. The van der Waals surface area contributed by atoms with Gasteiger partial charge in [0.05, 0.1) is 12.2 Å². The first-order chi connectivity index (χ1) is 10.1. The summed E-state index contributed by atoms with van der Waals surface area (Å²) in [5.41, 5.74) is 1.04. The van der Waals surface area contributed by atoms with Crippen molar-refractivity contribution in [2.75, 3.05) is 11.9 Å². The number of nitrogens with zero attached hydrogens (tertiary/aromatic N) is 2. The van der Waals surface area contributed by atoms with Crippen LogP contribution in [-0.2, 0) is 22.6 Å². The van der Waals surface area contributed by atoms with Crippen molar-refractivity contribution in [3.8, 4) is 0 Å². The Labute approximate surface area is 128 Å². The molecule has 0 spiro atoms. The van der Waals surface area contributed by atoms with Gasteiger partial charge >= 0.3 is 0 Å². The molecule has 0 saturated heterocycles. The predicted octanol–water partition coefficient (Wildman–Crippen LogP) is 2.57. The highest BCUT2D eigenvalue weighted by Gasteiger charge is 2.27. The summed E-state index contributed by atoms with van der Waals surface area (Å²) in [5, 5.41) is 3.38. The zero-order valence-electron chi connectivity index (χ0n) is 12.4. The lowest BCUT2D eigenvalue weighted by molar-refractivity contribution is -0.133. The number of thiazole rings is 1. The van der Waals surface area contributed by atoms with E-state index in [4.69, 9.17) is 0 Å². The van der Waals surface area contributed by atoms with E-state index in [2.05, 4.69) is 10.3 Å². The highest BCUT2D eigenvalue weighted by molar-refractivity contribution is 7.15. The number of aromatic nitrogens is 1. The van der Waals surface area contributed by atoms with Gasteiger partial charge in [-0.25, -0.2) is 4.98 Å². The van der Waals surface area contributed by atoms with E-state index in [1.807, 2.05) is 4.90 Å². The van der Waals surface area contributed by atoms with E-state index in [0.29, 0.717) is 24.0 Å². The fourth-order valence-corrected chi connectivity index (χ4v) is 4.27. The molecule has 5 nitrogen and oxygen atoms in total. The van der Waals surface area contributed by atoms with Gasteiger partial charge in [-0.15, -0.1) is 0 Å². The average molecular weight is 307 g/mol. The first-order valence-corrected chi connectivity index (χ1v) is 8.47. The van der Waals surface area contributed by atoms with Crippen molar-refractivity contribution in [1.29, 1.82) is 0 Å². The van der Waals surface area contributed by atoms with Gasteiger partial charge in [0.1, 0.15) is 0 Å². The van der Waals surface area contributed by atoms with Gasteiger partial charge in [-0.3, -0.25) is 9.59 Å². The molecule has 0 unspecified atom stereocenters. The highest BCUT2D eigenvalue weighted by Crippen LogP contribution is 2.31. The van der Waals surface area contributed by atoms with E-state index in [-0.39, 0.29) is 11.8 Å². The summed E-state index contributed by atoms with van der Waals surface area (Å²) in [6, 6.07) is 0. The highest BCUT2D eigenvalue weighted by atomic mass is 32.1. The van der Waals surface area contributed by atoms with Crippen LogP contribution in [0.4, 0.5) is 5.13 Å². The molecule has 1 aromatic heterocycles. The van der Waals surface area contributed by atoms with Crippen LogP contribution in [0.3, 0.4) is 0 Å². The van der Waals surface area contributed by atoms with Crippen LogP contribution >= 0.6 is 11.3 Å². The van der Waals surface area contributed by atoms with E-state index in [9.17, 15) is 9.59 Å². The Bertz CT molecular complexity index is 549. The molecule has 6 heteroatoms. The molecule has 0 aromatic carbocycles. The van der Waals surface area contributed by atoms with Gasteiger partial charge < -0.3 is 10.2 Å². The second-order valence-electron chi connectivity index (χ2n) is 5.99. The molecule has 3 rings (SSSR count). The summed E-state index contributed by atoms with van der Waals surface area (Å²) >= 11 is 1.49. The molecule has 2 heterocycles. The van der Waals surface area contributed by atoms with Crippen LogP contribution in [0.25, 0.3) is 0 Å². The SMILES string of the molecule is CC(=O)Nc1nc2c(s1)CN(C(=O)CC1CCCC1)CC2. The standard InChI is InChI=1S/C15H21N3O2S/c1-10(19)16-15-17-12-6-7-18(9-13(12)21-15)14(20)8-11-4-2-3-5-11/h11H,2-9H2,1H3,(H,16,17,19). The topological polar surface area (TPSA) is 62.3 Å². The number of carbonyl (C=O) groups is 2. The minimum Gasteiger partial charge on any atom is -0.337 e. The Morgan fingerprint density at radius 1 is 1.38 bits per heavy atom. The third-order valence-corrected chi connectivity index (χ3v) is 5.30. The molecular formula is C15H21N3O2S. The Morgan fingerprint density at radius 3 is 2.86 bits per heavy atom. The van der Waals surface area contributed by atoms with Crippen molar-refractivity contribution >= 4 is 28.3 Å². The van der Waals surface area contributed by atoms with Crippen molar-refractivity contribution in [3.05, 3.63) is 10.6 Å². The second-order valence-corrected chi connectivity index (χ2v) is 7.07. The maximum atomic E-state index is 12.4. The minimum atomic E-state index is -0.102. The summed E-state index contributed by atoms with van der Waals surface area (Å²) in [7, 11) is 0. The monoisotopic (exact) mass is 307 g/mol. The number of amides is 2. The van der Waals surface area contributed by atoms with Gasteiger partial charge in [0, 0.05) is 31.2 Å². The van der Waals surface area contributed by atoms with Gasteiger partial charge in [0.2, 0.25) is 11.8 Å². The summed E-state index contributed by atoms with van der Waals surface area (Å²) in [4.78, 5) is 31.0. The lowest BCUT2D eigenvalue weighted by atomic mass is 10.0. The van der Waals surface area contributed by atoms with Crippen molar-refractivity contribution in [2.45, 2.75) is 52.0 Å². The maximum Gasteiger partial charge on any atom is 0.223 e. The number of fused-ring (bicyclic) bond motifs is 1. The Hall–Kier alpha value is -1.43. The molecule has 0 radical (unpaired) electrons. The van der Waals surface area contributed by atoms with Crippen LogP contribution in [0.1, 0.15) is 49.6 Å². The molecule has 1 N–H and O–H groups in total. The lowest BCUT2D eigenvalue weighted by Gasteiger charge is -2.27. The summed E-state index contributed by atoms with van der Waals surface area (Å²) in [6.07, 6.45) is 6.46. The fraction of sp³-hybridized carbons (Fsp3) is 0.667. The third kappa shape index (κ3) is 3.43. The molecule has 1 fully saturated rings. The van der Waals surface area contributed by atoms with Crippen molar-refractivity contribution < 1.29 is 9.59 Å². The quantitative estimate of drug-likeness (QED) is 0.933. The lowest BCUT2D eigenvalue weighted by Crippen LogP contribution is -2.36. The summed E-state index contributed by atoms with van der Waals surface area (Å²) in [6.45, 7) is 2.89. The van der Waals surface area contributed by atoms with Crippen LogP contribution in [0.5, 0.6) is 0 Å². The van der Waals surface area contributed by atoms with Crippen molar-refractivity contribution in [3.63, 3.8) is 0 Å². The molecule has 1 aromatic rings. The van der Waals surface area contributed by atoms with Crippen LogP contribution in [0, 0.1) is 5.92 Å². The Kier molecular flexibility index (Phi) is 4.24. The minimum absolute atomic E-state index is 0.102. The molecule has 1 aliphatic carbocycles. The van der Waals surface area contributed by atoms with Crippen LogP contribution in [-0.4, -0.2) is 28.2 Å². The van der Waals surface area contributed by atoms with E-state index in [1.165, 1.54) is 43.9 Å². The second kappa shape index (κ2) is 6.13. The number of hydrogen-bond donors (Lipinski definition) is 1. The number of hydrogen-bond acceptors (Lipinski definition) is 4. The summed E-state index contributed by atoms with van der Waals surface area (Å²) < 4.78 is 0. The average Bonchev–Trinajstić information content (AvgIpc) is 3.05. The van der Waals surface area contributed by atoms with Crippen LogP contribution in [0.2, 0.25) is 0 Å². The molecule has 2 aliphatic rings. The van der Waals surface area contributed by atoms with Gasteiger partial charge in [0.15, 0.2) is 5.13 Å². The zero-order chi connectivity index (χ0) is 14.8. The molecule has 1 aliphatic heterocycles. The first-order valence-electron chi connectivity index (χ1n) is 7.66. The molecule has 0 bridgehead atoms. The maximum absolute atomic E-state index is 12.4. The number of rotatable bonds is 3. The number of anilines is 1. The number of nitrogens with one attached hydrogen (secondary N) is 1. The van der Waals surface area contributed by atoms with Gasteiger partial charge in [-0.05, 0) is 18.8 Å². The molecule has 1 saturated carbocycles. The van der Waals surface area contributed by atoms with Crippen molar-refractivity contribution in [1.82, 2.24) is 9.88 Å². The van der Waals surface area contributed by atoms with E-state index < -0.39 is 0 Å². The molecule has 114 valence electrons.